The summed E-state index contributed by atoms with van der Waals surface area (Å²) >= 11 is 6.54. The van der Waals surface area contributed by atoms with E-state index in [0.717, 1.165) is 0 Å². The Morgan fingerprint density at radius 1 is 1.26 bits per heavy atom. The maximum Gasteiger partial charge on any atom is 0.162 e. The molecule has 1 aromatic carbocycles. The van der Waals surface area contributed by atoms with Gasteiger partial charge < -0.3 is 10.5 Å². The van der Waals surface area contributed by atoms with E-state index < -0.39 is 0 Å². The van der Waals surface area contributed by atoms with Gasteiger partial charge in [-0.05, 0) is 34.1 Å². The molecule has 4 nitrogen and oxygen atoms in total. The van der Waals surface area contributed by atoms with Crippen molar-refractivity contribution in [3.8, 4) is 11.4 Å². The smallest absolute Gasteiger partial charge is 0.162 e. The van der Waals surface area contributed by atoms with E-state index >= 15 is 0 Å². The Labute approximate surface area is 126 Å². The van der Waals surface area contributed by atoms with Crippen molar-refractivity contribution in [2.45, 2.75) is 6.61 Å². The average molecular weight is 391 g/mol. The summed E-state index contributed by atoms with van der Waals surface area (Å²) in [5, 5.41) is 0. The normalized spacial score (nSPS) is 10.7. The second kappa shape index (κ2) is 5.94. The Morgan fingerprint density at radius 3 is 2.63 bits per heavy atom. The van der Waals surface area contributed by atoms with E-state index in [9.17, 15) is 4.39 Å². The third-order valence-electron chi connectivity index (χ3n) is 2.35. The first-order valence-electron chi connectivity index (χ1n) is 5.28. The summed E-state index contributed by atoms with van der Waals surface area (Å²) in [6.45, 7) is 0.288. The number of benzene rings is 1. The zero-order valence-corrected chi connectivity index (χ0v) is 13.1. The van der Waals surface area contributed by atoms with E-state index in [-0.39, 0.29) is 18.2 Å². The molecule has 0 unspecified atom stereocenters. The molecule has 0 radical (unpaired) electrons. The van der Waals surface area contributed by atoms with E-state index in [2.05, 4.69) is 41.8 Å². The standard InChI is InChI=1S/C12H10Br2FN3O/c1-19-5-9-10(14)11(16)18-12(17-9)6-2-7(13)4-8(15)3-6/h2-4H,5H2,1H3,(H2,16,17,18). The fourth-order valence-electron chi connectivity index (χ4n) is 1.56. The van der Waals surface area contributed by atoms with Crippen molar-refractivity contribution in [1.82, 2.24) is 9.97 Å². The summed E-state index contributed by atoms with van der Waals surface area (Å²) in [5.74, 6) is 0.271. The first-order valence-corrected chi connectivity index (χ1v) is 6.87. The van der Waals surface area contributed by atoms with Gasteiger partial charge in [-0.2, -0.15) is 0 Å². The first kappa shape index (κ1) is 14.4. The summed E-state index contributed by atoms with van der Waals surface area (Å²) in [5.41, 5.74) is 6.97. The first-order chi connectivity index (χ1) is 9.01. The molecule has 7 heteroatoms. The van der Waals surface area contributed by atoms with Gasteiger partial charge in [-0.15, -0.1) is 0 Å². The quantitative estimate of drug-likeness (QED) is 0.870. The summed E-state index contributed by atoms with van der Waals surface area (Å²) < 4.78 is 19.6. The number of methoxy groups -OCH3 is 1. The number of nitrogens with zero attached hydrogens (tertiary/aromatic N) is 2. The highest BCUT2D eigenvalue weighted by Gasteiger charge is 2.12. The fraction of sp³-hybridized carbons (Fsp3) is 0.167. The lowest BCUT2D eigenvalue weighted by Crippen LogP contribution is -2.04. The number of ether oxygens (including phenoxy) is 1. The highest BCUT2D eigenvalue weighted by Crippen LogP contribution is 2.27. The van der Waals surface area contributed by atoms with Crippen LogP contribution >= 0.6 is 31.9 Å². The number of hydrogen-bond acceptors (Lipinski definition) is 4. The molecule has 2 N–H and O–H groups in total. The van der Waals surface area contributed by atoms with Crippen molar-refractivity contribution in [2.75, 3.05) is 12.8 Å². The van der Waals surface area contributed by atoms with Crippen LogP contribution in [0.15, 0.2) is 27.1 Å². The van der Waals surface area contributed by atoms with E-state index in [4.69, 9.17) is 10.5 Å². The van der Waals surface area contributed by atoms with Crippen molar-refractivity contribution < 1.29 is 9.13 Å². The van der Waals surface area contributed by atoms with Crippen molar-refractivity contribution in [3.63, 3.8) is 0 Å². The molecule has 0 aliphatic heterocycles. The topological polar surface area (TPSA) is 61.0 Å². The molecule has 19 heavy (non-hydrogen) atoms. The number of rotatable bonds is 3. The number of hydrogen-bond donors (Lipinski definition) is 1. The van der Waals surface area contributed by atoms with E-state index in [1.807, 2.05) is 0 Å². The van der Waals surface area contributed by atoms with Gasteiger partial charge in [0, 0.05) is 17.1 Å². The van der Waals surface area contributed by atoms with Gasteiger partial charge in [0.05, 0.1) is 16.8 Å². The third-order valence-corrected chi connectivity index (χ3v) is 3.67. The lowest BCUT2D eigenvalue weighted by atomic mass is 10.2. The fourth-order valence-corrected chi connectivity index (χ4v) is 2.31. The van der Waals surface area contributed by atoms with Crippen LogP contribution < -0.4 is 5.73 Å². The van der Waals surface area contributed by atoms with Crippen molar-refractivity contribution in [3.05, 3.63) is 38.7 Å². The van der Waals surface area contributed by atoms with E-state index in [1.165, 1.54) is 12.1 Å². The predicted octanol–water partition coefficient (Wildman–Crippen LogP) is 3.54. The van der Waals surface area contributed by atoms with E-state index in [0.29, 0.717) is 26.0 Å². The minimum Gasteiger partial charge on any atom is -0.383 e. The van der Waals surface area contributed by atoms with Gasteiger partial charge in [-0.3, -0.25) is 0 Å². The maximum absolute atomic E-state index is 13.4. The van der Waals surface area contributed by atoms with Crippen LogP contribution in [0.25, 0.3) is 11.4 Å². The van der Waals surface area contributed by atoms with Crippen molar-refractivity contribution >= 4 is 37.7 Å². The molecule has 1 aromatic heterocycles. The Balaban J connectivity index is 2.55. The molecule has 0 amide bonds. The number of nitrogens with two attached hydrogens (primary N) is 1. The predicted molar refractivity (Wildman–Crippen MR) is 78.0 cm³/mol. The number of anilines is 1. The molecule has 0 aliphatic carbocycles. The van der Waals surface area contributed by atoms with Crippen LogP contribution in [0.1, 0.15) is 5.69 Å². The van der Waals surface area contributed by atoms with Gasteiger partial charge in [-0.25, -0.2) is 14.4 Å². The van der Waals surface area contributed by atoms with Crippen LogP contribution in [0.2, 0.25) is 0 Å². The molecule has 2 aromatic rings. The van der Waals surface area contributed by atoms with Gasteiger partial charge in [0.1, 0.15) is 11.6 Å². The van der Waals surface area contributed by atoms with Crippen molar-refractivity contribution in [2.24, 2.45) is 0 Å². The minimum absolute atomic E-state index is 0.288. The number of halogens is 3. The van der Waals surface area contributed by atoms with Gasteiger partial charge in [-0.1, -0.05) is 15.9 Å². The summed E-state index contributed by atoms with van der Waals surface area (Å²) in [6, 6.07) is 4.44. The molecule has 0 spiro atoms. The summed E-state index contributed by atoms with van der Waals surface area (Å²) in [4.78, 5) is 8.47. The second-order valence-electron chi connectivity index (χ2n) is 3.78. The molecule has 0 fully saturated rings. The highest BCUT2D eigenvalue weighted by molar-refractivity contribution is 9.11. The summed E-state index contributed by atoms with van der Waals surface area (Å²) in [7, 11) is 1.56. The second-order valence-corrected chi connectivity index (χ2v) is 5.49. The van der Waals surface area contributed by atoms with Gasteiger partial charge in [0.15, 0.2) is 5.82 Å². The zero-order valence-electron chi connectivity index (χ0n) is 9.95. The molecule has 0 atom stereocenters. The lowest BCUT2D eigenvalue weighted by Gasteiger charge is -2.09. The van der Waals surface area contributed by atoms with Crippen LogP contribution in [0.4, 0.5) is 10.2 Å². The number of nitrogen functional groups attached to an aromatic ring is 1. The van der Waals surface area contributed by atoms with Gasteiger partial charge in [0.2, 0.25) is 0 Å². The van der Waals surface area contributed by atoms with Gasteiger partial charge in [0.25, 0.3) is 0 Å². The van der Waals surface area contributed by atoms with Crippen LogP contribution in [-0.4, -0.2) is 17.1 Å². The van der Waals surface area contributed by atoms with Crippen LogP contribution in [0.3, 0.4) is 0 Å². The molecule has 0 saturated carbocycles. The SMILES string of the molecule is COCc1nc(-c2cc(F)cc(Br)c2)nc(N)c1Br. The van der Waals surface area contributed by atoms with Crippen molar-refractivity contribution in [1.29, 1.82) is 0 Å². The Morgan fingerprint density at radius 2 is 2.00 bits per heavy atom. The van der Waals surface area contributed by atoms with E-state index in [1.54, 1.807) is 13.2 Å². The minimum atomic E-state index is -0.372. The van der Waals surface area contributed by atoms with Crippen LogP contribution in [0, 0.1) is 5.82 Å². The summed E-state index contributed by atoms with van der Waals surface area (Å²) in [6.07, 6.45) is 0. The number of aromatic nitrogens is 2. The molecular weight excluding hydrogens is 381 g/mol. The molecule has 2 rings (SSSR count). The molecule has 0 saturated heterocycles. The van der Waals surface area contributed by atoms with Gasteiger partial charge >= 0.3 is 0 Å². The third kappa shape index (κ3) is 3.29. The molecule has 0 bridgehead atoms. The molecule has 0 aliphatic rings. The molecular formula is C12H10Br2FN3O. The molecule has 100 valence electrons. The lowest BCUT2D eigenvalue weighted by molar-refractivity contribution is 0.181. The maximum atomic E-state index is 13.4. The van der Waals surface area contributed by atoms with Crippen LogP contribution in [0.5, 0.6) is 0 Å². The monoisotopic (exact) mass is 389 g/mol. The van der Waals surface area contributed by atoms with Crippen LogP contribution in [-0.2, 0) is 11.3 Å². The average Bonchev–Trinajstić information content (AvgIpc) is 2.33. The zero-order chi connectivity index (χ0) is 14.0. The largest absolute Gasteiger partial charge is 0.383 e. The Bertz CT molecular complexity index is 602. The Hall–Kier alpha value is -1.05. The highest BCUT2D eigenvalue weighted by atomic mass is 79.9. The Kier molecular flexibility index (Phi) is 4.49. The molecule has 1 heterocycles.